The topological polar surface area (TPSA) is 100 Å². The fourth-order valence-electron chi connectivity index (χ4n) is 2.86. The molecule has 0 saturated heterocycles. The zero-order valence-corrected chi connectivity index (χ0v) is 13.8. The molecule has 1 aromatic carbocycles. The molecule has 0 bridgehead atoms. The molecule has 1 unspecified atom stereocenters. The summed E-state index contributed by atoms with van der Waals surface area (Å²) < 4.78 is 10.7. The fraction of sp³-hybridized carbons (Fsp3) is 0.294. The van der Waals surface area contributed by atoms with E-state index in [2.05, 4.69) is 16.3 Å². The first kappa shape index (κ1) is 15.9. The summed E-state index contributed by atoms with van der Waals surface area (Å²) in [5.41, 5.74) is 9.90. The zero-order valence-electron chi connectivity index (χ0n) is 13.8. The van der Waals surface area contributed by atoms with Crippen molar-refractivity contribution in [2.24, 2.45) is 5.73 Å². The molecule has 0 aliphatic carbocycles. The zero-order chi connectivity index (χ0) is 17.3. The van der Waals surface area contributed by atoms with Gasteiger partial charge >= 0.3 is 0 Å². The van der Waals surface area contributed by atoms with E-state index in [1.54, 1.807) is 7.11 Å². The molecule has 1 aromatic heterocycles. The normalized spacial score (nSPS) is 16.3. The van der Waals surface area contributed by atoms with Crippen LogP contribution in [0.5, 0.6) is 5.88 Å². The average molecular weight is 325 g/mol. The lowest BCUT2D eigenvalue weighted by molar-refractivity contribution is 0.180. The van der Waals surface area contributed by atoms with Crippen LogP contribution in [0.1, 0.15) is 22.7 Å². The number of nitriles is 1. The Balaban J connectivity index is 2.13. The largest absolute Gasteiger partial charge is 0.420 e. The molecular weight excluding hydrogens is 306 g/mol. The summed E-state index contributed by atoms with van der Waals surface area (Å²) in [6.45, 7) is 0.344. The van der Waals surface area contributed by atoms with Gasteiger partial charge in [-0.15, -0.1) is 5.10 Å². The second-order valence-electron chi connectivity index (χ2n) is 5.76. The van der Waals surface area contributed by atoms with Gasteiger partial charge in [-0.3, -0.25) is 5.10 Å². The Hall–Kier alpha value is -2.98. The smallest absolute Gasteiger partial charge is 0.244 e. The molecule has 1 aliphatic rings. The van der Waals surface area contributed by atoms with Gasteiger partial charge in [0.2, 0.25) is 11.8 Å². The summed E-state index contributed by atoms with van der Waals surface area (Å²) in [6.07, 6.45) is 0. The van der Waals surface area contributed by atoms with Gasteiger partial charge in [0, 0.05) is 26.9 Å². The number of rotatable bonds is 4. The molecule has 3 N–H and O–H groups in total. The van der Waals surface area contributed by atoms with Gasteiger partial charge < -0.3 is 20.1 Å². The van der Waals surface area contributed by atoms with E-state index in [9.17, 15) is 5.26 Å². The van der Waals surface area contributed by atoms with E-state index in [1.165, 1.54) is 0 Å². The number of nitrogens with one attached hydrogen (secondary N) is 1. The van der Waals surface area contributed by atoms with Crippen LogP contribution < -0.4 is 15.4 Å². The van der Waals surface area contributed by atoms with Crippen molar-refractivity contribution in [1.82, 2.24) is 10.2 Å². The Morgan fingerprint density at radius 3 is 2.67 bits per heavy atom. The van der Waals surface area contributed by atoms with Crippen LogP contribution in [-0.2, 0) is 11.3 Å². The van der Waals surface area contributed by atoms with E-state index in [0.717, 1.165) is 22.5 Å². The van der Waals surface area contributed by atoms with Gasteiger partial charge in [-0.25, -0.2) is 0 Å². The van der Waals surface area contributed by atoms with Crippen molar-refractivity contribution in [3.63, 3.8) is 0 Å². The van der Waals surface area contributed by atoms with E-state index in [-0.39, 0.29) is 11.8 Å². The first-order valence-electron chi connectivity index (χ1n) is 7.47. The number of hydrogen-bond donors (Lipinski definition) is 2. The van der Waals surface area contributed by atoms with Gasteiger partial charge in [-0.1, -0.05) is 12.1 Å². The maximum absolute atomic E-state index is 9.58. The van der Waals surface area contributed by atoms with Gasteiger partial charge in [0.25, 0.3) is 0 Å². The Labute approximate surface area is 140 Å². The fourth-order valence-corrected chi connectivity index (χ4v) is 2.86. The number of ether oxygens (including phenoxy) is 2. The van der Waals surface area contributed by atoms with Crippen LogP contribution in [0.4, 0.5) is 5.69 Å². The van der Waals surface area contributed by atoms with Crippen LogP contribution in [0.25, 0.3) is 0 Å². The summed E-state index contributed by atoms with van der Waals surface area (Å²) in [4.78, 5) is 2.02. The van der Waals surface area contributed by atoms with Gasteiger partial charge in [0.15, 0.2) is 0 Å². The number of hydrogen-bond acceptors (Lipinski definition) is 6. The minimum atomic E-state index is -0.334. The van der Waals surface area contributed by atoms with Gasteiger partial charge in [0.05, 0.1) is 23.8 Å². The van der Waals surface area contributed by atoms with Gasteiger partial charge in [0.1, 0.15) is 11.6 Å². The number of aromatic nitrogens is 2. The molecule has 0 spiro atoms. The summed E-state index contributed by atoms with van der Waals surface area (Å²) in [5, 5.41) is 16.7. The number of benzene rings is 1. The molecule has 2 heterocycles. The maximum Gasteiger partial charge on any atom is 0.244 e. The number of fused-ring (bicyclic) bond motifs is 1. The lowest BCUT2D eigenvalue weighted by atomic mass is 9.84. The number of aromatic amines is 1. The third-order valence-electron chi connectivity index (χ3n) is 4.05. The minimum absolute atomic E-state index is 0.0853. The number of anilines is 1. The molecule has 124 valence electrons. The van der Waals surface area contributed by atoms with Crippen LogP contribution >= 0.6 is 0 Å². The van der Waals surface area contributed by atoms with Gasteiger partial charge in [-0.2, -0.15) is 5.26 Å². The standard InChI is InChI=1S/C17H19N5O2/c1-22(2)11-6-4-10(5-7-11)14-12(8-18)16(19)24-17-15(14)13(9-23-3)20-21-17/h4-7,14H,9,19H2,1-3H3,(H,20,21). The summed E-state index contributed by atoms with van der Waals surface area (Å²) in [5.74, 6) is 0.140. The molecule has 24 heavy (non-hydrogen) atoms. The molecule has 1 aliphatic heterocycles. The second kappa shape index (κ2) is 6.26. The van der Waals surface area contributed by atoms with Crippen molar-refractivity contribution in [2.45, 2.75) is 12.5 Å². The van der Waals surface area contributed by atoms with Crippen molar-refractivity contribution >= 4 is 5.69 Å². The van der Waals surface area contributed by atoms with Crippen molar-refractivity contribution < 1.29 is 9.47 Å². The molecule has 0 saturated carbocycles. The van der Waals surface area contributed by atoms with Crippen molar-refractivity contribution in [2.75, 3.05) is 26.1 Å². The molecule has 3 rings (SSSR count). The lowest BCUT2D eigenvalue weighted by Crippen LogP contribution is -2.21. The molecule has 7 nitrogen and oxygen atoms in total. The molecule has 2 aromatic rings. The summed E-state index contributed by atoms with van der Waals surface area (Å²) in [7, 11) is 5.56. The quantitative estimate of drug-likeness (QED) is 0.889. The number of nitrogens with zero attached hydrogens (tertiary/aromatic N) is 3. The summed E-state index contributed by atoms with van der Waals surface area (Å²) in [6, 6.07) is 10.2. The predicted molar refractivity (Wildman–Crippen MR) is 89.4 cm³/mol. The van der Waals surface area contributed by atoms with E-state index in [1.807, 2.05) is 43.3 Å². The number of allylic oxidation sites excluding steroid dienone is 1. The van der Waals surface area contributed by atoms with E-state index in [4.69, 9.17) is 15.2 Å². The van der Waals surface area contributed by atoms with Gasteiger partial charge in [-0.05, 0) is 17.7 Å². The van der Waals surface area contributed by atoms with Crippen LogP contribution in [-0.4, -0.2) is 31.4 Å². The Morgan fingerprint density at radius 1 is 1.38 bits per heavy atom. The Morgan fingerprint density at radius 2 is 2.08 bits per heavy atom. The number of methoxy groups -OCH3 is 1. The highest BCUT2D eigenvalue weighted by Gasteiger charge is 2.35. The molecule has 1 atom stereocenters. The second-order valence-corrected chi connectivity index (χ2v) is 5.76. The third kappa shape index (κ3) is 2.57. The Kier molecular flexibility index (Phi) is 4.15. The van der Waals surface area contributed by atoms with Crippen LogP contribution in [0, 0.1) is 11.3 Å². The van der Waals surface area contributed by atoms with Crippen LogP contribution in [0.3, 0.4) is 0 Å². The van der Waals surface area contributed by atoms with E-state index >= 15 is 0 Å². The van der Waals surface area contributed by atoms with Crippen molar-refractivity contribution in [1.29, 1.82) is 5.26 Å². The SMILES string of the molecule is COCc1[nH]nc2c1C(c1ccc(N(C)C)cc1)C(C#N)=C(N)O2. The molecule has 0 radical (unpaired) electrons. The average Bonchev–Trinajstić information content (AvgIpc) is 2.96. The molecule has 0 amide bonds. The first-order valence-corrected chi connectivity index (χ1v) is 7.47. The van der Waals surface area contributed by atoms with E-state index in [0.29, 0.717) is 18.1 Å². The monoisotopic (exact) mass is 325 g/mol. The van der Waals surface area contributed by atoms with Crippen LogP contribution in [0.15, 0.2) is 35.7 Å². The highest BCUT2D eigenvalue weighted by molar-refractivity contribution is 5.57. The highest BCUT2D eigenvalue weighted by atomic mass is 16.5. The predicted octanol–water partition coefficient (Wildman–Crippen LogP) is 1.84. The van der Waals surface area contributed by atoms with Crippen LogP contribution in [0.2, 0.25) is 0 Å². The number of nitrogens with two attached hydrogens (primary N) is 1. The highest BCUT2D eigenvalue weighted by Crippen LogP contribution is 2.43. The third-order valence-corrected chi connectivity index (χ3v) is 4.05. The van der Waals surface area contributed by atoms with E-state index < -0.39 is 0 Å². The lowest BCUT2D eigenvalue weighted by Gasteiger charge is -2.24. The molecule has 7 heteroatoms. The number of H-pyrrole nitrogens is 1. The minimum Gasteiger partial charge on any atom is -0.420 e. The Bertz CT molecular complexity index is 814. The summed E-state index contributed by atoms with van der Waals surface area (Å²) >= 11 is 0. The van der Waals surface area contributed by atoms with Crippen molar-refractivity contribution in [3.05, 3.63) is 52.5 Å². The molecular formula is C17H19N5O2. The maximum atomic E-state index is 9.58. The van der Waals surface area contributed by atoms with Crippen molar-refractivity contribution in [3.8, 4) is 11.9 Å². The first-order chi connectivity index (χ1) is 11.6. The molecule has 0 fully saturated rings.